The van der Waals surface area contributed by atoms with Crippen LogP contribution in [0.1, 0.15) is 108 Å². The van der Waals surface area contributed by atoms with Crippen LogP contribution >= 0.6 is 59.2 Å². The number of aromatic hydroxyl groups is 2. The molecule has 16 N–H and O–H groups in total. The van der Waals surface area contributed by atoms with Gasteiger partial charge in [-0.25, -0.2) is 9.48 Å². The zero-order valence-electron chi connectivity index (χ0n) is 77.8. The smallest absolute Gasteiger partial charge is 0.417 e. The number of carbonyl (C=O) groups is 4. The number of carbonyl (C=O) groups excluding carboxylic acids is 4. The van der Waals surface area contributed by atoms with Crippen LogP contribution in [-0.4, -0.2) is 139 Å². The molecule has 0 saturated heterocycles. The summed E-state index contributed by atoms with van der Waals surface area (Å²) in [6, 6.07) is 97.9. The van der Waals surface area contributed by atoms with Gasteiger partial charge in [0.1, 0.15) is 52.5 Å². The van der Waals surface area contributed by atoms with E-state index in [1.54, 1.807) is 127 Å². The number of phenols is 2. The Morgan fingerprint density at radius 1 is 0.669 bits per heavy atom. The summed E-state index contributed by atoms with van der Waals surface area (Å²) >= 11 is 28.8. The zero-order chi connectivity index (χ0) is 101. The Balaban J connectivity index is 0.000000154. The van der Waals surface area contributed by atoms with Crippen LogP contribution in [0.15, 0.2) is 347 Å². The van der Waals surface area contributed by atoms with Gasteiger partial charge < -0.3 is 77.7 Å². The number of aromatic amines is 1. The van der Waals surface area contributed by atoms with Crippen molar-refractivity contribution in [3.63, 3.8) is 0 Å². The number of methoxy groups -OCH3 is 1. The van der Waals surface area contributed by atoms with Gasteiger partial charge in [0.15, 0.2) is 28.0 Å². The molecule has 17 rings (SSSR count). The number of anilines is 3. The highest BCUT2D eigenvalue weighted by Crippen LogP contribution is 2.43. The van der Waals surface area contributed by atoms with Crippen molar-refractivity contribution in [2.24, 2.45) is 4.99 Å². The molecule has 33 heteroatoms. The van der Waals surface area contributed by atoms with Crippen LogP contribution < -0.4 is 58.6 Å². The maximum Gasteiger partial charge on any atom is 0.417 e. The van der Waals surface area contributed by atoms with Crippen molar-refractivity contribution in [1.29, 1.82) is 5.41 Å². The van der Waals surface area contributed by atoms with Crippen LogP contribution in [0.4, 0.5) is 22.9 Å². The number of nitrogens with one attached hydrogen (secondary N) is 8. The minimum Gasteiger partial charge on any atom is -0.512 e. The fourth-order valence-electron chi connectivity index (χ4n) is 14.7. The molecule has 2 atom stereocenters. The number of nitrogens with two attached hydrogens (primary N) is 2. The Morgan fingerprint density at radius 3 is 1.91 bits per heavy atom. The first-order valence-corrected chi connectivity index (χ1v) is 46.6. The number of alkyl halides is 3. The molecule has 0 bridgehead atoms. The number of nitrogens with zero attached hydrogens (tertiary/aromatic N) is 6. The summed E-state index contributed by atoms with van der Waals surface area (Å²) in [6.07, 6.45) is 4.62. The first-order chi connectivity index (χ1) is 68.4. The minimum atomic E-state index is -1.82. The number of fused-ring (bicyclic) bond motifs is 3. The molecule has 3 aromatic heterocycles. The molecule has 28 nitrogen and oxygen atoms in total. The summed E-state index contributed by atoms with van der Waals surface area (Å²) in [6.45, 7) is 8.51. The van der Waals surface area contributed by atoms with E-state index >= 15 is 0 Å². The molecule has 2 unspecified atom stereocenters. The molecule has 3 heterocycles. The van der Waals surface area contributed by atoms with Gasteiger partial charge in [0.25, 0.3) is 17.7 Å². The summed E-state index contributed by atoms with van der Waals surface area (Å²) in [4.78, 5) is 67.5. The van der Waals surface area contributed by atoms with Crippen molar-refractivity contribution >= 4 is 161 Å². The highest BCUT2D eigenvalue weighted by Gasteiger charge is 2.37. The lowest BCUT2D eigenvalue weighted by Gasteiger charge is -2.31. The molecule has 16 aromatic rings. The number of nitrogen functional groups attached to an aromatic ring is 2. The number of ether oxygens (including phenoxy) is 2. The molecule has 0 aliphatic heterocycles. The van der Waals surface area contributed by atoms with E-state index in [1.807, 2.05) is 233 Å². The van der Waals surface area contributed by atoms with Crippen LogP contribution in [0.3, 0.4) is 0 Å². The summed E-state index contributed by atoms with van der Waals surface area (Å²) in [7, 11) is 1.59. The number of oxazole rings is 1. The standard InChI is InChI=1S/C23H22Cl3N3OS.C22H14N2O2.C21H27NO4.C19H17N3O3S.C14H11N3O2.C10H12N4/c1-14-10-11-15(2)19(12-14)27-22(31)29-21(23(24,25)26)28-20(30)13-17-8-5-7-16-6-3-4-9-18(16)17;25-22-24-20-13-12-19(14-21(20)26-22)23-15-18-10-8-17(9-11-18)7-6-16-4-2-1-3-5-16;23-17(14-26-18-6-2-1-3-7-18)13-22-15-21(10-4-5-11-21)16-8-9-19(24)20(25)12-16;1-12(23)15(16(20)21-17(24)13-8-4-2-5-9-13)19(26)22-18(25)14-10-6-3-7-11-14;1-19-11-8-6-10(7-9-11)14(18)17-13-5-3-2-4-12(13)15-16-17;1-7-9(11)10(12)14(13-7)8-5-3-2-4-6-8/h3-12,21H,13H2,1-2H3,(H,28,30)(H2,27,29,31);1-5,8-15H,(H,24,25);1-3,6-9,12,17,22-25H,4-5,10-11,13-15H2;2-11,23H,1H3,(H2,20,21,24)(H,22,25,26);2-9H,1H3;2-6H,11-12H2,1H3. The predicted molar refractivity (Wildman–Crippen MR) is 570 cm³/mol. The SMILES string of the molecule is CC(O)=C(C(=N)NC(=O)c1ccccc1)C(=S)NC(=O)c1ccccc1.COc1ccc(C(=O)n2nnc3ccccc32)cc1.Cc1ccc(C)c(NC(=S)NC(NC(=O)Cc2cccc3ccccc23)C(Cl)(Cl)Cl)c1.Cc1nn(-c2ccccc2)c(N)c1N.O=c1[nH]c2ccc(N=Cc3ccc(C#Cc4ccccc4)cc3)cc2o1.Oc1ccc(C2(CNCC(O)COc3ccccc3)CCCC2)cc1O. The second-order valence-corrected chi connectivity index (χ2v) is 35.7. The normalized spacial score (nSPS) is 12.3. The van der Waals surface area contributed by atoms with Crippen LogP contribution in [0, 0.1) is 38.0 Å². The van der Waals surface area contributed by atoms with Gasteiger partial charge in [-0.15, -0.1) is 5.10 Å². The number of allylic oxidation sites excluding steroid dienone is 1. The van der Waals surface area contributed by atoms with E-state index in [2.05, 4.69) is 69.1 Å². The molecular weight excluding hydrogens is 1900 g/mol. The molecule has 142 heavy (non-hydrogen) atoms. The monoisotopic (exact) mass is 2000 g/mol. The van der Waals surface area contributed by atoms with Gasteiger partial charge in [-0.2, -0.15) is 9.78 Å². The van der Waals surface area contributed by atoms with E-state index in [1.165, 1.54) is 11.6 Å². The molecule has 1 fully saturated rings. The number of hydrogen-bond donors (Lipinski definition) is 14. The first kappa shape index (κ1) is 105. The van der Waals surface area contributed by atoms with E-state index in [9.17, 15) is 44.4 Å². The number of phenolic OH excluding ortho intramolecular Hbond substituents is 2. The number of amides is 3. The molecule has 1 aliphatic carbocycles. The maximum atomic E-state index is 12.8. The Hall–Kier alpha value is -16.1. The highest BCUT2D eigenvalue weighted by molar-refractivity contribution is 7.81. The fraction of sp³-hybridized carbons (Fsp3) is 0.156. The van der Waals surface area contributed by atoms with Crippen LogP contribution in [-0.2, 0) is 16.6 Å². The van der Waals surface area contributed by atoms with Gasteiger partial charge in [0.2, 0.25) is 9.70 Å². The third-order valence-electron chi connectivity index (χ3n) is 22.2. The average Bonchev–Trinajstić information content (AvgIpc) is 1.62. The molecule has 3 amide bonds. The molecule has 0 radical (unpaired) electrons. The Bertz CT molecular complexity index is 7180. The number of hydrogen-bond acceptors (Lipinski definition) is 22. The van der Waals surface area contributed by atoms with Crippen molar-refractivity contribution in [2.45, 2.75) is 81.3 Å². The van der Waals surface area contributed by atoms with Crippen molar-refractivity contribution in [3.8, 4) is 40.5 Å². The Morgan fingerprint density at radius 2 is 1.27 bits per heavy atom. The van der Waals surface area contributed by atoms with E-state index in [0.29, 0.717) is 68.3 Å². The molecule has 1 saturated carbocycles. The number of amidine groups is 1. The van der Waals surface area contributed by atoms with Crippen molar-refractivity contribution < 1.29 is 53.5 Å². The van der Waals surface area contributed by atoms with Gasteiger partial charge in [-0.05, 0) is 231 Å². The van der Waals surface area contributed by atoms with Gasteiger partial charge in [0, 0.05) is 64.3 Å². The lowest BCUT2D eigenvalue weighted by atomic mass is 9.78. The summed E-state index contributed by atoms with van der Waals surface area (Å²) in [5.41, 5.74) is 25.9. The third-order valence-corrected chi connectivity index (χ3v) is 23.3. The van der Waals surface area contributed by atoms with Crippen LogP contribution in [0.25, 0.3) is 38.6 Å². The maximum absolute atomic E-state index is 12.8. The van der Waals surface area contributed by atoms with Gasteiger partial charge in [-0.1, -0.05) is 253 Å². The topological polar surface area (TPSA) is 423 Å². The molecule has 13 aromatic carbocycles. The summed E-state index contributed by atoms with van der Waals surface area (Å²) in [5.74, 6) is 5.39. The second kappa shape index (κ2) is 51.0. The number of H-pyrrole nitrogens is 1. The highest BCUT2D eigenvalue weighted by atomic mass is 35.6. The van der Waals surface area contributed by atoms with E-state index in [4.69, 9.17) is 90.0 Å². The van der Waals surface area contributed by atoms with E-state index in [-0.39, 0.29) is 63.2 Å². The Kier molecular flexibility index (Phi) is 37.6. The molecular formula is C109H103Cl3N16O12S2. The Labute approximate surface area is 845 Å². The number of aromatic nitrogens is 6. The first-order valence-electron chi connectivity index (χ1n) is 44.7. The van der Waals surface area contributed by atoms with Crippen molar-refractivity contribution in [3.05, 3.63) is 405 Å². The predicted octanol–water partition coefficient (Wildman–Crippen LogP) is 19.5. The number of aryl methyl sites for hydroxylation is 3. The van der Waals surface area contributed by atoms with E-state index in [0.717, 1.165) is 105 Å². The summed E-state index contributed by atoms with van der Waals surface area (Å²) in [5, 5.41) is 78.8. The van der Waals surface area contributed by atoms with Crippen LogP contribution in [0.2, 0.25) is 0 Å². The number of aliphatic hydroxyl groups excluding tert-OH is 2. The molecule has 724 valence electrons. The van der Waals surface area contributed by atoms with Crippen LogP contribution in [0.5, 0.6) is 23.0 Å². The average molecular weight is 2000 g/mol. The molecule has 1 aliphatic rings. The lowest BCUT2D eigenvalue weighted by Crippen LogP contribution is -2.56. The largest absolute Gasteiger partial charge is 0.512 e. The second-order valence-electron chi connectivity index (χ2n) is 32.5. The number of para-hydroxylation sites is 3. The fourth-order valence-corrected chi connectivity index (χ4v) is 15.6. The zero-order valence-corrected chi connectivity index (χ0v) is 81.7. The van der Waals surface area contributed by atoms with Gasteiger partial charge in [0.05, 0.1) is 52.9 Å². The number of thiocarbonyl (C=S) groups is 2. The minimum absolute atomic E-state index is 0.0643. The van der Waals surface area contributed by atoms with Gasteiger partial charge >= 0.3 is 5.76 Å². The van der Waals surface area contributed by atoms with E-state index < -0.39 is 39.5 Å². The number of aliphatic imine (C=N–C) groups is 1. The number of rotatable bonds is 22. The van der Waals surface area contributed by atoms with Gasteiger partial charge in [-0.3, -0.25) is 34.6 Å². The number of aliphatic hydroxyl groups is 2. The lowest BCUT2D eigenvalue weighted by molar-refractivity contribution is -0.121. The van der Waals surface area contributed by atoms with Crippen molar-refractivity contribution in [1.82, 2.24) is 56.3 Å². The third kappa shape index (κ3) is 30.2. The molecule has 0 spiro atoms. The number of halogens is 3. The summed E-state index contributed by atoms with van der Waals surface area (Å²) < 4.78 is 16.8. The number of benzene rings is 13. The van der Waals surface area contributed by atoms with Crippen molar-refractivity contribution in [2.75, 3.05) is 43.6 Å². The quantitative estimate of drug-likeness (QED) is 0.00345.